The van der Waals surface area contributed by atoms with Crippen LogP contribution in [0.1, 0.15) is 21.7 Å². The van der Waals surface area contributed by atoms with Gasteiger partial charge in [0.25, 0.3) is 0 Å². The fourth-order valence-corrected chi connectivity index (χ4v) is 2.37. The molecule has 0 saturated carbocycles. The third-order valence-electron chi connectivity index (χ3n) is 3.77. The van der Waals surface area contributed by atoms with Gasteiger partial charge in [-0.05, 0) is 54.6 Å². The van der Waals surface area contributed by atoms with E-state index in [9.17, 15) is 9.59 Å². The number of aromatic nitrogens is 2. The van der Waals surface area contributed by atoms with Crippen LogP contribution in [0.3, 0.4) is 0 Å². The summed E-state index contributed by atoms with van der Waals surface area (Å²) in [6, 6.07) is 15.8. The zero-order valence-electron chi connectivity index (χ0n) is 14.9. The monoisotopic (exact) mass is 370 g/mol. The highest BCUT2D eigenvalue weighted by Gasteiger charge is 2.02. The quantitative estimate of drug-likeness (QED) is 0.392. The third-order valence-corrected chi connectivity index (χ3v) is 3.77. The second kappa shape index (κ2) is 9.05. The Balaban J connectivity index is 1.65. The van der Waals surface area contributed by atoms with Crippen molar-refractivity contribution in [3.63, 3.8) is 0 Å². The van der Waals surface area contributed by atoms with Gasteiger partial charge in [0.15, 0.2) is 5.78 Å². The Kier molecular flexibility index (Phi) is 6.05. The van der Waals surface area contributed by atoms with Crippen molar-refractivity contribution < 1.29 is 9.59 Å². The average Bonchev–Trinajstić information content (AvgIpc) is 2.73. The minimum absolute atomic E-state index is 0.157. The van der Waals surface area contributed by atoms with Crippen molar-refractivity contribution in [2.24, 2.45) is 0 Å². The van der Waals surface area contributed by atoms with Gasteiger partial charge in [-0.1, -0.05) is 18.2 Å². The lowest BCUT2D eigenvalue weighted by molar-refractivity contribution is -0.111. The number of benzene rings is 1. The van der Waals surface area contributed by atoms with Gasteiger partial charge in [-0.3, -0.25) is 14.6 Å². The summed E-state index contributed by atoms with van der Waals surface area (Å²) in [7, 11) is 0. The van der Waals surface area contributed by atoms with Gasteiger partial charge >= 0.3 is 0 Å². The number of hydrogen-bond acceptors (Lipinski definition) is 5. The van der Waals surface area contributed by atoms with Crippen molar-refractivity contribution >= 4 is 35.2 Å². The van der Waals surface area contributed by atoms with Crippen LogP contribution in [0.25, 0.3) is 12.2 Å². The van der Waals surface area contributed by atoms with E-state index in [2.05, 4.69) is 15.3 Å². The van der Waals surface area contributed by atoms with Gasteiger partial charge in [0.1, 0.15) is 0 Å². The molecule has 0 aliphatic heterocycles. The number of nitrogens with one attached hydrogen (secondary N) is 1. The summed E-state index contributed by atoms with van der Waals surface area (Å²) in [5, 5.41) is 2.71. The van der Waals surface area contributed by atoms with Crippen LogP contribution in [0, 0.1) is 0 Å². The van der Waals surface area contributed by atoms with Crippen molar-refractivity contribution in [1.29, 1.82) is 0 Å². The molecule has 0 radical (unpaired) electrons. The molecule has 2 aromatic heterocycles. The molecule has 0 atom stereocenters. The van der Waals surface area contributed by atoms with Crippen LogP contribution < -0.4 is 11.1 Å². The number of rotatable bonds is 6. The first-order chi connectivity index (χ1) is 13.6. The lowest BCUT2D eigenvalue weighted by atomic mass is 10.1. The first kappa shape index (κ1) is 18.7. The molecule has 1 amide bonds. The number of nitrogens with zero attached hydrogens (tertiary/aromatic N) is 2. The molecule has 0 saturated heterocycles. The summed E-state index contributed by atoms with van der Waals surface area (Å²) in [6.45, 7) is 0. The molecule has 28 heavy (non-hydrogen) atoms. The van der Waals surface area contributed by atoms with Gasteiger partial charge in [0, 0.05) is 24.0 Å². The number of ketones is 1. The van der Waals surface area contributed by atoms with E-state index in [0.29, 0.717) is 28.3 Å². The normalized spacial score (nSPS) is 11.0. The number of hydrogen-bond donors (Lipinski definition) is 2. The molecule has 6 heteroatoms. The summed E-state index contributed by atoms with van der Waals surface area (Å²) in [5.74, 6) is -0.469. The molecule has 0 spiro atoms. The van der Waals surface area contributed by atoms with E-state index in [1.54, 1.807) is 72.9 Å². The zero-order chi connectivity index (χ0) is 19.8. The van der Waals surface area contributed by atoms with E-state index in [0.717, 1.165) is 0 Å². The molecule has 3 rings (SSSR count). The topological polar surface area (TPSA) is 98.0 Å². The molecule has 6 nitrogen and oxygen atoms in total. The number of nitrogens with two attached hydrogens (primary N) is 1. The summed E-state index contributed by atoms with van der Waals surface area (Å²) >= 11 is 0. The highest BCUT2D eigenvalue weighted by atomic mass is 16.1. The Hall–Kier alpha value is -4.06. The van der Waals surface area contributed by atoms with Crippen molar-refractivity contribution in [3.05, 3.63) is 96.1 Å². The number of carbonyl (C=O) groups excluding carboxylic acids is 2. The third kappa shape index (κ3) is 5.22. The molecule has 1 aromatic carbocycles. The first-order valence-corrected chi connectivity index (χ1v) is 8.55. The van der Waals surface area contributed by atoms with Crippen molar-refractivity contribution in [2.75, 3.05) is 11.1 Å². The van der Waals surface area contributed by atoms with E-state index in [4.69, 9.17) is 5.73 Å². The van der Waals surface area contributed by atoms with Crippen molar-refractivity contribution in [1.82, 2.24) is 9.97 Å². The Morgan fingerprint density at radius 2 is 1.64 bits per heavy atom. The average molecular weight is 370 g/mol. The smallest absolute Gasteiger partial charge is 0.248 e. The second-order valence-electron chi connectivity index (χ2n) is 5.84. The van der Waals surface area contributed by atoms with Crippen LogP contribution in [0.4, 0.5) is 11.4 Å². The Labute approximate surface area is 162 Å². The fraction of sp³-hybridized carbons (Fsp3) is 0. The SMILES string of the molecule is Nc1ccccc1NC(=O)/C=C/c1cccc(/C=C/C(=O)c2cccnc2)n1. The van der Waals surface area contributed by atoms with E-state index in [-0.39, 0.29) is 11.7 Å². The molecular formula is C22H18N4O2. The number of pyridine rings is 2. The number of allylic oxidation sites excluding steroid dienone is 1. The first-order valence-electron chi connectivity index (χ1n) is 8.55. The molecule has 0 aliphatic rings. The fourth-order valence-electron chi connectivity index (χ4n) is 2.37. The van der Waals surface area contributed by atoms with Crippen LogP contribution >= 0.6 is 0 Å². The maximum Gasteiger partial charge on any atom is 0.248 e. The van der Waals surface area contributed by atoms with Gasteiger partial charge in [-0.15, -0.1) is 0 Å². The van der Waals surface area contributed by atoms with Gasteiger partial charge in [-0.2, -0.15) is 0 Å². The molecule has 138 valence electrons. The van der Waals surface area contributed by atoms with Crippen LogP contribution in [0.5, 0.6) is 0 Å². The minimum Gasteiger partial charge on any atom is -0.397 e. The van der Waals surface area contributed by atoms with Gasteiger partial charge in [0.2, 0.25) is 5.91 Å². The van der Waals surface area contributed by atoms with Crippen LogP contribution in [-0.4, -0.2) is 21.7 Å². The Morgan fingerprint density at radius 3 is 2.36 bits per heavy atom. The molecule has 0 aliphatic carbocycles. The maximum atomic E-state index is 12.1. The number of para-hydroxylation sites is 2. The van der Waals surface area contributed by atoms with Crippen LogP contribution in [-0.2, 0) is 4.79 Å². The van der Waals surface area contributed by atoms with E-state index < -0.39 is 0 Å². The largest absolute Gasteiger partial charge is 0.397 e. The molecule has 3 aromatic rings. The lowest BCUT2D eigenvalue weighted by Gasteiger charge is -2.04. The van der Waals surface area contributed by atoms with Crippen molar-refractivity contribution in [3.8, 4) is 0 Å². The van der Waals surface area contributed by atoms with E-state index in [1.165, 1.54) is 18.3 Å². The zero-order valence-corrected chi connectivity index (χ0v) is 14.9. The van der Waals surface area contributed by atoms with Crippen molar-refractivity contribution in [2.45, 2.75) is 0 Å². The van der Waals surface area contributed by atoms with Gasteiger partial charge in [0.05, 0.1) is 22.8 Å². The standard InChI is InChI=1S/C22H18N4O2/c23-19-8-1-2-9-20(19)26-22(28)13-11-18-7-3-6-17(25-18)10-12-21(27)16-5-4-14-24-15-16/h1-15H,23H2,(H,26,28)/b12-10+,13-11+. The minimum atomic E-state index is -0.313. The number of carbonyl (C=O) groups is 2. The summed E-state index contributed by atoms with van der Waals surface area (Å²) in [5.41, 5.74) is 8.55. The molecular weight excluding hydrogens is 352 g/mol. The lowest BCUT2D eigenvalue weighted by Crippen LogP contribution is -2.09. The number of amides is 1. The molecule has 0 bridgehead atoms. The van der Waals surface area contributed by atoms with E-state index in [1.807, 2.05) is 0 Å². The predicted octanol–water partition coefficient (Wildman–Crippen LogP) is 3.61. The molecule has 0 unspecified atom stereocenters. The second-order valence-corrected chi connectivity index (χ2v) is 5.84. The summed E-state index contributed by atoms with van der Waals surface area (Å²) in [4.78, 5) is 32.5. The van der Waals surface area contributed by atoms with E-state index >= 15 is 0 Å². The van der Waals surface area contributed by atoms with Gasteiger partial charge in [-0.25, -0.2) is 4.98 Å². The highest BCUT2D eigenvalue weighted by molar-refractivity contribution is 6.06. The van der Waals surface area contributed by atoms with Gasteiger partial charge < -0.3 is 11.1 Å². The Morgan fingerprint density at radius 1 is 0.893 bits per heavy atom. The summed E-state index contributed by atoms with van der Waals surface area (Å²) < 4.78 is 0. The Bertz CT molecular complexity index is 1040. The maximum absolute atomic E-state index is 12.1. The summed E-state index contributed by atoms with van der Waals surface area (Å²) in [6.07, 6.45) is 9.16. The van der Waals surface area contributed by atoms with Crippen LogP contribution in [0.2, 0.25) is 0 Å². The number of nitrogen functional groups attached to an aromatic ring is 1. The highest BCUT2D eigenvalue weighted by Crippen LogP contribution is 2.16. The molecule has 3 N–H and O–H groups in total. The number of anilines is 2. The predicted molar refractivity (Wildman–Crippen MR) is 110 cm³/mol. The molecule has 0 fully saturated rings. The molecule has 2 heterocycles. The van der Waals surface area contributed by atoms with Crippen LogP contribution in [0.15, 0.2) is 79.1 Å².